The van der Waals surface area contributed by atoms with Gasteiger partial charge >= 0.3 is 0 Å². The number of morpholine rings is 1. The smallest absolute Gasteiger partial charge is 0.240 e. The first kappa shape index (κ1) is 16.1. The maximum atomic E-state index is 12.2. The molecule has 1 atom stereocenters. The van der Waals surface area contributed by atoms with E-state index in [4.69, 9.17) is 9.26 Å². The highest BCUT2D eigenvalue weighted by atomic mass is 32.1. The molecule has 2 aromatic heterocycles. The van der Waals surface area contributed by atoms with Crippen LogP contribution < -0.4 is 5.32 Å². The average Bonchev–Trinajstić information content (AvgIpc) is 3.18. The summed E-state index contributed by atoms with van der Waals surface area (Å²) >= 11 is 1.57. The van der Waals surface area contributed by atoms with E-state index >= 15 is 0 Å². The zero-order valence-corrected chi connectivity index (χ0v) is 14.0. The number of rotatable bonds is 5. The Bertz CT molecular complexity index is 641. The van der Waals surface area contributed by atoms with Crippen LogP contribution in [0.3, 0.4) is 0 Å². The van der Waals surface area contributed by atoms with Gasteiger partial charge in [0.05, 0.1) is 18.8 Å². The lowest BCUT2D eigenvalue weighted by Gasteiger charge is -2.31. The maximum absolute atomic E-state index is 12.2. The minimum atomic E-state index is -0.115. The molecule has 1 aliphatic heterocycles. The highest BCUT2D eigenvalue weighted by Gasteiger charge is 2.25. The Morgan fingerprint density at radius 1 is 1.57 bits per heavy atom. The van der Waals surface area contributed by atoms with Gasteiger partial charge in [-0.3, -0.25) is 15.0 Å². The largest absolute Gasteiger partial charge is 0.368 e. The minimum Gasteiger partial charge on any atom is -0.368 e. The molecule has 0 bridgehead atoms. The molecule has 0 aromatic carbocycles. The van der Waals surface area contributed by atoms with Gasteiger partial charge in [0, 0.05) is 30.7 Å². The van der Waals surface area contributed by atoms with E-state index < -0.39 is 0 Å². The first-order valence-corrected chi connectivity index (χ1v) is 8.49. The zero-order valence-electron chi connectivity index (χ0n) is 13.2. The first-order valence-electron chi connectivity index (χ1n) is 7.61. The van der Waals surface area contributed by atoms with E-state index in [0.717, 1.165) is 17.2 Å². The Morgan fingerprint density at radius 2 is 2.43 bits per heavy atom. The van der Waals surface area contributed by atoms with Gasteiger partial charge in [0.25, 0.3) is 0 Å². The minimum absolute atomic E-state index is 0.0608. The molecule has 1 amide bonds. The molecule has 0 aliphatic carbocycles. The summed E-state index contributed by atoms with van der Waals surface area (Å²) in [6.45, 7) is 6.32. The fraction of sp³-hybridized carbons (Fsp3) is 0.533. The van der Waals surface area contributed by atoms with Crippen molar-refractivity contribution in [2.24, 2.45) is 0 Å². The molecule has 0 spiro atoms. The molecule has 0 radical (unpaired) electrons. The second-order valence-corrected chi connectivity index (χ2v) is 6.71. The number of nitrogens with zero attached hydrogens (tertiary/aromatic N) is 3. The van der Waals surface area contributed by atoms with Crippen LogP contribution in [0.25, 0.3) is 0 Å². The molecule has 1 fully saturated rings. The summed E-state index contributed by atoms with van der Waals surface area (Å²) in [5, 5.41) is 9.56. The summed E-state index contributed by atoms with van der Waals surface area (Å²) in [4.78, 5) is 18.5. The van der Waals surface area contributed by atoms with Gasteiger partial charge in [-0.05, 0) is 5.92 Å². The molecular formula is C15H20N4O3S. The van der Waals surface area contributed by atoms with Crippen molar-refractivity contribution in [1.82, 2.24) is 15.0 Å². The van der Waals surface area contributed by atoms with E-state index in [2.05, 4.69) is 20.4 Å². The van der Waals surface area contributed by atoms with Crippen LogP contribution in [-0.2, 0) is 9.53 Å². The van der Waals surface area contributed by atoms with Crippen LogP contribution in [0.5, 0.6) is 0 Å². The molecule has 0 saturated carbocycles. The molecule has 2 aromatic rings. The Balaban J connectivity index is 1.52. The Labute approximate surface area is 138 Å². The van der Waals surface area contributed by atoms with Crippen LogP contribution in [0.2, 0.25) is 0 Å². The molecule has 1 N–H and O–H groups in total. The Kier molecular flexibility index (Phi) is 5.04. The second-order valence-electron chi connectivity index (χ2n) is 5.78. The van der Waals surface area contributed by atoms with Gasteiger partial charge in [-0.25, -0.2) is 4.98 Å². The molecule has 7 nitrogen and oxygen atoms in total. The standard InChI is InChI=1S/C15H20N4O3S/c1-10(2)11-7-14(22-18-11)17-13(20)9-19-4-5-21-12(8-19)15-16-3-6-23-15/h3,6-7,10,12H,4-5,8-9H2,1-2H3,(H,17,20)/t12-/m1/s1. The van der Waals surface area contributed by atoms with Crippen molar-refractivity contribution in [2.45, 2.75) is 25.9 Å². The fourth-order valence-corrected chi connectivity index (χ4v) is 3.07. The van der Waals surface area contributed by atoms with Gasteiger partial charge in [0.1, 0.15) is 11.1 Å². The zero-order chi connectivity index (χ0) is 16.2. The fourth-order valence-electron chi connectivity index (χ4n) is 2.39. The van der Waals surface area contributed by atoms with Gasteiger partial charge in [0.15, 0.2) is 0 Å². The van der Waals surface area contributed by atoms with Crippen molar-refractivity contribution in [1.29, 1.82) is 0 Å². The summed E-state index contributed by atoms with van der Waals surface area (Å²) in [5.74, 6) is 0.544. The number of amides is 1. The molecule has 8 heteroatoms. The lowest BCUT2D eigenvalue weighted by atomic mass is 10.1. The third-order valence-electron chi connectivity index (χ3n) is 3.63. The highest BCUT2D eigenvalue weighted by molar-refractivity contribution is 7.09. The monoisotopic (exact) mass is 336 g/mol. The van der Waals surface area contributed by atoms with Crippen molar-refractivity contribution in [3.8, 4) is 0 Å². The quantitative estimate of drug-likeness (QED) is 0.902. The van der Waals surface area contributed by atoms with Crippen molar-refractivity contribution < 1.29 is 14.1 Å². The average molecular weight is 336 g/mol. The normalized spacial score (nSPS) is 19.2. The number of nitrogens with one attached hydrogen (secondary N) is 1. The molecule has 1 aliphatic rings. The third-order valence-corrected chi connectivity index (χ3v) is 4.49. The van der Waals surface area contributed by atoms with Gasteiger partial charge in [-0.2, -0.15) is 0 Å². The number of hydrogen-bond acceptors (Lipinski definition) is 7. The summed E-state index contributed by atoms with van der Waals surface area (Å²) in [6.07, 6.45) is 1.71. The van der Waals surface area contributed by atoms with Crippen LogP contribution in [0, 0.1) is 0 Å². The predicted octanol–water partition coefficient (Wildman–Crippen LogP) is 2.27. The highest BCUT2D eigenvalue weighted by Crippen LogP contribution is 2.24. The maximum Gasteiger partial charge on any atom is 0.240 e. The number of thiazole rings is 1. The van der Waals surface area contributed by atoms with Crippen LogP contribution in [-0.4, -0.2) is 47.2 Å². The Morgan fingerprint density at radius 3 is 3.13 bits per heavy atom. The number of carbonyl (C=O) groups is 1. The molecule has 1 saturated heterocycles. The van der Waals surface area contributed by atoms with E-state index in [1.165, 1.54) is 0 Å². The third kappa shape index (κ3) is 4.15. The summed E-state index contributed by atoms with van der Waals surface area (Å²) in [5.41, 5.74) is 0.829. The number of ether oxygens (including phenoxy) is 1. The lowest BCUT2D eigenvalue weighted by molar-refractivity contribution is -0.119. The van der Waals surface area contributed by atoms with E-state index in [0.29, 0.717) is 25.6 Å². The number of aromatic nitrogens is 2. The van der Waals surface area contributed by atoms with Crippen molar-refractivity contribution in [3.05, 3.63) is 28.3 Å². The van der Waals surface area contributed by atoms with Gasteiger partial charge in [-0.15, -0.1) is 11.3 Å². The summed E-state index contributed by atoms with van der Waals surface area (Å²) < 4.78 is 10.9. The van der Waals surface area contributed by atoms with Crippen molar-refractivity contribution >= 4 is 23.1 Å². The number of carbonyl (C=O) groups excluding carboxylic acids is 1. The number of hydrogen-bond donors (Lipinski definition) is 1. The van der Waals surface area contributed by atoms with Crippen LogP contribution in [0.15, 0.2) is 22.2 Å². The van der Waals surface area contributed by atoms with Crippen molar-refractivity contribution in [2.75, 3.05) is 31.6 Å². The van der Waals surface area contributed by atoms with E-state index in [9.17, 15) is 4.79 Å². The molecule has 3 rings (SSSR count). The SMILES string of the molecule is CC(C)c1cc(NC(=O)CN2CCO[C@@H](c3nccs3)C2)on1. The molecule has 3 heterocycles. The molecule has 0 unspecified atom stereocenters. The van der Waals surface area contributed by atoms with E-state index in [-0.39, 0.29) is 17.9 Å². The molecule has 23 heavy (non-hydrogen) atoms. The predicted molar refractivity (Wildman–Crippen MR) is 86.5 cm³/mol. The van der Waals surface area contributed by atoms with Gasteiger partial charge in [0.2, 0.25) is 11.8 Å². The van der Waals surface area contributed by atoms with Gasteiger partial charge in [-0.1, -0.05) is 19.0 Å². The first-order chi connectivity index (χ1) is 11.1. The van der Waals surface area contributed by atoms with E-state index in [1.54, 1.807) is 23.6 Å². The lowest BCUT2D eigenvalue weighted by Crippen LogP contribution is -2.42. The van der Waals surface area contributed by atoms with Crippen LogP contribution >= 0.6 is 11.3 Å². The van der Waals surface area contributed by atoms with Crippen molar-refractivity contribution in [3.63, 3.8) is 0 Å². The second kappa shape index (κ2) is 7.20. The Hall–Kier alpha value is -1.77. The summed E-state index contributed by atoms with van der Waals surface area (Å²) in [7, 11) is 0. The van der Waals surface area contributed by atoms with E-state index in [1.807, 2.05) is 19.2 Å². The number of anilines is 1. The van der Waals surface area contributed by atoms with Gasteiger partial charge < -0.3 is 9.26 Å². The molecule has 124 valence electrons. The topological polar surface area (TPSA) is 80.5 Å². The summed E-state index contributed by atoms with van der Waals surface area (Å²) in [6, 6.07) is 1.76. The molecular weight excluding hydrogens is 316 g/mol. The van der Waals surface area contributed by atoms with Crippen LogP contribution in [0.4, 0.5) is 5.88 Å². The van der Waals surface area contributed by atoms with Crippen LogP contribution in [0.1, 0.15) is 36.6 Å².